The largest absolute Gasteiger partial charge is 0.424 e. The van der Waals surface area contributed by atoms with Crippen LogP contribution >= 0.6 is 27.5 Å². The average molecular weight is 339 g/mol. The van der Waals surface area contributed by atoms with E-state index < -0.39 is 12.5 Å². The van der Waals surface area contributed by atoms with Gasteiger partial charge in [-0.25, -0.2) is 13.5 Å². The van der Waals surface area contributed by atoms with Crippen LogP contribution in [0.2, 0.25) is 5.02 Å². The van der Waals surface area contributed by atoms with Crippen molar-refractivity contribution in [3.63, 3.8) is 0 Å². The molecule has 0 spiro atoms. The fourth-order valence-electron chi connectivity index (χ4n) is 1.25. The van der Waals surface area contributed by atoms with Crippen LogP contribution in [-0.4, -0.2) is 21.4 Å². The van der Waals surface area contributed by atoms with Gasteiger partial charge in [-0.1, -0.05) is 11.6 Å². The number of benzene rings is 1. The molecule has 0 bridgehead atoms. The number of ether oxygens (including phenoxy) is 1. The Morgan fingerprint density at radius 3 is 2.89 bits per heavy atom. The maximum Gasteiger partial charge on any atom is 0.321 e. The zero-order valence-corrected chi connectivity index (χ0v) is 11.2. The predicted octanol–water partition coefficient (Wildman–Crippen LogP) is 3.59. The minimum Gasteiger partial charge on any atom is -0.424 e. The molecule has 0 atom stereocenters. The second-order valence-corrected chi connectivity index (χ2v) is 4.37. The van der Waals surface area contributed by atoms with Gasteiger partial charge in [0.15, 0.2) is 0 Å². The van der Waals surface area contributed by atoms with E-state index in [1.165, 1.54) is 22.9 Å². The zero-order valence-electron chi connectivity index (χ0n) is 8.91. The molecule has 0 aliphatic rings. The molecule has 1 aromatic carbocycles. The van der Waals surface area contributed by atoms with Crippen LogP contribution < -0.4 is 4.74 Å². The van der Waals surface area contributed by atoms with Crippen LogP contribution in [0.1, 0.15) is 0 Å². The second-order valence-electron chi connectivity index (χ2n) is 3.25. The maximum absolute atomic E-state index is 13.0. The topological polar surface area (TPSA) is 39.9 Å². The third-order valence-electron chi connectivity index (χ3n) is 2.01. The normalized spacial score (nSPS) is 10.7. The standard InChI is InChI=1S/C10H7BrClF2N3O/c11-9-15-10(17(16-9)4-3-13)18-6-1-2-8(14)7(12)5-6/h1-2,5H,3-4H2. The molecular formula is C10H7BrClF2N3O. The summed E-state index contributed by atoms with van der Waals surface area (Å²) in [6, 6.07) is 3.97. The van der Waals surface area contributed by atoms with E-state index in [9.17, 15) is 8.78 Å². The molecule has 0 radical (unpaired) electrons. The van der Waals surface area contributed by atoms with E-state index in [1.807, 2.05) is 0 Å². The predicted molar refractivity (Wildman–Crippen MR) is 65.2 cm³/mol. The molecule has 0 saturated carbocycles. The molecule has 0 unspecified atom stereocenters. The van der Waals surface area contributed by atoms with Crippen molar-refractivity contribution in [3.8, 4) is 11.8 Å². The highest BCUT2D eigenvalue weighted by Gasteiger charge is 2.11. The van der Waals surface area contributed by atoms with Gasteiger partial charge in [-0.05, 0) is 28.1 Å². The average Bonchev–Trinajstić information content (AvgIpc) is 2.65. The summed E-state index contributed by atoms with van der Waals surface area (Å²) in [5, 5.41) is 3.82. The number of hydrogen-bond acceptors (Lipinski definition) is 3. The molecule has 2 aromatic rings. The van der Waals surface area contributed by atoms with Gasteiger partial charge in [0, 0.05) is 6.07 Å². The highest BCUT2D eigenvalue weighted by Crippen LogP contribution is 2.25. The Morgan fingerprint density at radius 2 is 2.22 bits per heavy atom. The maximum atomic E-state index is 13.0. The molecule has 8 heteroatoms. The van der Waals surface area contributed by atoms with E-state index in [0.29, 0.717) is 5.75 Å². The third kappa shape index (κ3) is 2.97. The first-order valence-electron chi connectivity index (χ1n) is 4.89. The van der Waals surface area contributed by atoms with E-state index in [-0.39, 0.29) is 22.3 Å². The molecule has 0 fully saturated rings. The first-order chi connectivity index (χ1) is 8.60. The van der Waals surface area contributed by atoms with Gasteiger partial charge in [0.1, 0.15) is 18.2 Å². The monoisotopic (exact) mass is 337 g/mol. The number of hydrogen-bond donors (Lipinski definition) is 0. The summed E-state index contributed by atoms with van der Waals surface area (Å²) in [6.45, 7) is -0.584. The summed E-state index contributed by atoms with van der Waals surface area (Å²) in [5.74, 6) is -0.253. The Labute approximate surface area is 115 Å². The number of nitrogens with zero attached hydrogens (tertiary/aromatic N) is 3. The summed E-state index contributed by atoms with van der Waals surface area (Å²) in [6.07, 6.45) is 0. The molecule has 0 saturated heterocycles. The van der Waals surface area contributed by atoms with Crippen LogP contribution in [0.5, 0.6) is 11.8 Å². The van der Waals surface area contributed by atoms with Crippen LogP contribution in [0.25, 0.3) is 0 Å². The summed E-state index contributed by atoms with van der Waals surface area (Å²) >= 11 is 8.68. The first-order valence-corrected chi connectivity index (χ1v) is 6.06. The Hall–Kier alpha value is -1.21. The minimum atomic E-state index is -0.601. The lowest BCUT2D eigenvalue weighted by Crippen LogP contribution is -2.04. The van der Waals surface area contributed by atoms with E-state index >= 15 is 0 Å². The second kappa shape index (κ2) is 5.62. The molecule has 4 nitrogen and oxygen atoms in total. The number of halogens is 4. The Bertz CT molecular complexity index is 564. The highest BCUT2D eigenvalue weighted by atomic mass is 79.9. The SMILES string of the molecule is FCCn1nc(Br)nc1Oc1ccc(F)c(Cl)c1. The van der Waals surface area contributed by atoms with Gasteiger partial charge in [-0.2, -0.15) is 4.98 Å². The third-order valence-corrected chi connectivity index (χ3v) is 2.63. The van der Waals surface area contributed by atoms with Gasteiger partial charge in [0.25, 0.3) is 0 Å². The van der Waals surface area contributed by atoms with Gasteiger partial charge in [-0.15, -0.1) is 5.10 Å². The number of rotatable bonds is 4. The van der Waals surface area contributed by atoms with Crippen molar-refractivity contribution >= 4 is 27.5 Å². The van der Waals surface area contributed by atoms with Crippen molar-refractivity contribution in [2.24, 2.45) is 0 Å². The summed E-state index contributed by atoms with van der Waals surface area (Å²) in [5.41, 5.74) is 0. The molecule has 0 amide bonds. The lowest BCUT2D eigenvalue weighted by molar-refractivity contribution is 0.363. The lowest BCUT2D eigenvalue weighted by atomic mass is 10.3. The molecule has 1 aromatic heterocycles. The summed E-state index contributed by atoms with van der Waals surface area (Å²) < 4.78 is 32.1. The zero-order chi connectivity index (χ0) is 13.1. The molecule has 0 aliphatic heterocycles. The van der Waals surface area contributed by atoms with E-state index in [4.69, 9.17) is 16.3 Å². The summed E-state index contributed by atoms with van der Waals surface area (Å²) in [4.78, 5) is 3.92. The van der Waals surface area contributed by atoms with Crippen LogP contribution in [0.3, 0.4) is 0 Å². The molecule has 96 valence electrons. The van der Waals surface area contributed by atoms with Gasteiger partial charge in [0.05, 0.1) is 11.6 Å². The fraction of sp³-hybridized carbons (Fsp3) is 0.200. The van der Waals surface area contributed by atoms with Gasteiger partial charge in [0.2, 0.25) is 4.73 Å². The van der Waals surface area contributed by atoms with E-state index in [1.54, 1.807) is 0 Å². The smallest absolute Gasteiger partial charge is 0.321 e. The van der Waals surface area contributed by atoms with Crippen molar-refractivity contribution < 1.29 is 13.5 Å². The lowest BCUT2D eigenvalue weighted by Gasteiger charge is -2.06. The number of aromatic nitrogens is 3. The van der Waals surface area contributed by atoms with Crippen molar-refractivity contribution in [1.82, 2.24) is 14.8 Å². The molecule has 0 N–H and O–H groups in total. The van der Waals surface area contributed by atoms with Crippen molar-refractivity contribution in [2.75, 3.05) is 6.67 Å². The van der Waals surface area contributed by atoms with Crippen LogP contribution in [0.4, 0.5) is 8.78 Å². The van der Waals surface area contributed by atoms with Gasteiger partial charge < -0.3 is 4.74 Å². The Kier molecular flexibility index (Phi) is 4.13. The molecule has 0 aliphatic carbocycles. The molecule has 1 heterocycles. The van der Waals surface area contributed by atoms with Crippen LogP contribution in [0, 0.1) is 5.82 Å². The molecule has 2 rings (SSSR count). The molecular weight excluding hydrogens is 331 g/mol. The quantitative estimate of drug-likeness (QED) is 0.855. The first kappa shape index (κ1) is 13.2. The Balaban J connectivity index is 2.24. The van der Waals surface area contributed by atoms with Crippen molar-refractivity contribution in [3.05, 3.63) is 33.8 Å². The Morgan fingerprint density at radius 1 is 1.44 bits per heavy atom. The fourth-order valence-corrected chi connectivity index (χ4v) is 1.76. The van der Waals surface area contributed by atoms with Crippen LogP contribution in [0.15, 0.2) is 22.9 Å². The highest BCUT2D eigenvalue weighted by molar-refractivity contribution is 9.10. The van der Waals surface area contributed by atoms with Crippen LogP contribution in [-0.2, 0) is 6.54 Å². The van der Waals surface area contributed by atoms with E-state index in [0.717, 1.165) is 0 Å². The number of aryl methyl sites for hydroxylation is 1. The van der Waals surface area contributed by atoms with Crippen molar-refractivity contribution in [2.45, 2.75) is 6.54 Å². The minimum absolute atomic E-state index is 0.0167. The van der Waals surface area contributed by atoms with E-state index in [2.05, 4.69) is 26.0 Å². The van der Waals surface area contributed by atoms with Crippen molar-refractivity contribution in [1.29, 1.82) is 0 Å². The summed E-state index contributed by atoms with van der Waals surface area (Å²) in [7, 11) is 0. The van der Waals surface area contributed by atoms with Gasteiger partial charge >= 0.3 is 6.01 Å². The molecule has 18 heavy (non-hydrogen) atoms. The number of alkyl halides is 1. The van der Waals surface area contributed by atoms with Gasteiger partial charge in [-0.3, -0.25) is 0 Å².